The van der Waals surface area contributed by atoms with Gasteiger partial charge in [0, 0.05) is 12.3 Å². The number of carboxylic acids is 2. The van der Waals surface area contributed by atoms with Crippen LogP contribution in [0.4, 0.5) is 0 Å². The van der Waals surface area contributed by atoms with Crippen molar-refractivity contribution >= 4 is 11.9 Å². The Morgan fingerprint density at radius 3 is 2.27 bits per heavy atom. The minimum atomic E-state index is -1.48. The molecule has 1 unspecified atom stereocenters. The van der Waals surface area contributed by atoms with Gasteiger partial charge in [-0.2, -0.15) is 9.78 Å². The lowest BCUT2D eigenvalue weighted by atomic mass is 9.95. The van der Waals surface area contributed by atoms with Crippen LogP contribution in [0.1, 0.15) is 32.6 Å². The molecule has 6 nitrogen and oxygen atoms in total. The van der Waals surface area contributed by atoms with Gasteiger partial charge in [-0.3, -0.25) is 4.79 Å². The van der Waals surface area contributed by atoms with Gasteiger partial charge in [-0.15, -0.1) is 0 Å². The minimum absolute atomic E-state index is 0.106. The van der Waals surface area contributed by atoms with Crippen molar-refractivity contribution in [2.75, 3.05) is 0 Å². The van der Waals surface area contributed by atoms with Crippen LogP contribution in [0.2, 0.25) is 0 Å². The van der Waals surface area contributed by atoms with Crippen LogP contribution in [0.3, 0.4) is 0 Å². The Morgan fingerprint density at radius 2 is 1.87 bits per heavy atom. The summed E-state index contributed by atoms with van der Waals surface area (Å²) in [6, 6.07) is 0. The molecule has 1 heterocycles. The maximum absolute atomic E-state index is 10.7. The van der Waals surface area contributed by atoms with Crippen LogP contribution >= 0.6 is 0 Å². The topological polar surface area (TPSA) is 99.7 Å². The second kappa shape index (κ2) is 4.59. The van der Waals surface area contributed by atoms with Gasteiger partial charge in [-0.25, -0.2) is 4.79 Å². The molecule has 0 amide bonds. The molecule has 1 fully saturated rings. The highest BCUT2D eigenvalue weighted by atomic mass is 17.4. The highest BCUT2D eigenvalue weighted by molar-refractivity contribution is 5.77. The molecule has 1 atom stereocenters. The van der Waals surface area contributed by atoms with Crippen LogP contribution in [0.5, 0.6) is 0 Å². The molecule has 1 aliphatic rings. The lowest BCUT2D eigenvalue weighted by molar-refractivity contribution is -0.146. The molecule has 0 radical (unpaired) electrons. The summed E-state index contributed by atoms with van der Waals surface area (Å²) in [6.07, 6.45) is 1.86. The molecule has 0 aromatic heterocycles. The fourth-order valence-corrected chi connectivity index (χ4v) is 1.41. The van der Waals surface area contributed by atoms with Gasteiger partial charge in [0.1, 0.15) is 0 Å². The fraction of sp³-hybridized carbons (Fsp3) is 0.778. The maximum atomic E-state index is 10.7. The zero-order valence-corrected chi connectivity index (χ0v) is 8.43. The summed E-state index contributed by atoms with van der Waals surface area (Å²) in [5.41, 5.74) is 0. The quantitative estimate of drug-likeness (QED) is 0.376. The molecule has 0 aromatic carbocycles. The molecular formula is C9H14O6. The van der Waals surface area contributed by atoms with Gasteiger partial charge in [0.2, 0.25) is 0 Å². The van der Waals surface area contributed by atoms with E-state index in [1.807, 2.05) is 0 Å². The van der Waals surface area contributed by atoms with E-state index in [2.05, 4.69) is 9.78 Å². The molecule has 6 heteroatoms. The monoisotopic (exact) mass is 218 g/mol. The van der Waals surface area contributed by atoms with E-state index in [4.69, 9.17) is 10.2 Å². The van der Waals surface area contributed by atoms with Crippen molar-refractivity contribution in [2.45, 2.75) is 38.4 Å². The number of hydrogen-bond acceptors (Lipinski definition) is 4. The second-order valence-corrected chi connectivity index (χ2v) is 3.68. The van der Waals surface area contributed by atoms with Crippen molar-refractivity contribution in [3.05, 3.63) is 0 Å². The average Bonchev–Trinajstić information content (AvgIpc) is 2.92. The van der Waals surface area contributed by atoms with Gasteiger partial charge < -0.3 is 10.2 Å². The zero-order valence-electron chi connectivity index (χ0n) is 8.43. The number of hydrogen-bond donors (Lipinski definition) is 2. The van der Waals surface area contributed by atoms with Gasteiger partial charge in [-0.05, 0) is 12.8 Å². The van der Waals surface area contributed by atoms with Crippen molar-refractivity contribution in [3.63, 3.8) is 0 Å². The Hall–Kier alpha value is -1.14. The summed E-state index contributed by atoms with van der Waals surface area (Å²) in [5, 5.41) is 17.2. The lowest BCUT2D eigenvalue weighted by Crippen LogP contribution is -2.31. The third kappa shape index (κ3) is 2.90. The van der Waals surface area contributed by atoms with Crippen molar-refractivity contribution < 1.29 is 29.6 Å². The van der Waals surface area contributed by atoms with E-state index in [9.17, 15) is 9.59 Å². The molecular weight excluding hydrogens is 204 g/mol. The lowest BCUT2D eigenvalue weighted by Gasteiger charge is -2.11. The van der Waals surface area contributed by atoms with Gasteiger partial charge in [0.05, 0.1) is 0 Å². The number of unbranched alkanes of at least 4 members (excludes halogenated alkanes) is 1. The molecule has 1 aliphatic heterocycles. The molecule has 0 spiro atoms. The Balaban J connectivity index is 2.22. The number of carbonyl (C=O) groups is 2. The Bertz CT molecular complexity index is 257. The van der Waals surface area contributed by atoms with Crippen LogP contribution in [0.25, 0.3) is 0 Å². The Morgan fingerprint density at radius 1 is 1.27 bits per heavy atom. The average molecular weight is 218 g/mol. The van der Waals surface area contributed by atoms with Gasteiger partial charge in [-0.1, -0.05) is 13.3 Å². The van der Waals surface area contributed by atoms with Gasteiger partial charge in [0.25, 0.3) is 0 Å². The number of rotatable bonds is 7. The minimum Gasteiger partial charge on any atom is -0.481 e. The van der Waals surface area contributed by atoms with E-state index < -0.39 is 17.7 Å². The van der Waals surface area contributed by atoms with Gasteiger partial charge in [0.15, 0.2) is 0 Å². The van der Waals surface area contributed by atoms with Crippen LogP contribution in [-0.4, -0.2) is 27.9 Å². The molecule has 86 valence electrons. The molecule has 0 saturated carbocycles. The van der Waals surface area contributed by atoms with E-state index in [0.717, 1.165) is 0 Å². The summed E-state index contributed by atoms with van der Waals surface area (Å²) in [6.45, 7) is 1.71. The summed E-state index contributed by atoms with van der Waals surface area (Å²) in [7, 11) is 0. The normalized spacial score (nSPS) is 19.5. The SMILES string of the molecule is CC(CCCCC(=O)O)C1(C(=O)O)OO1. The highest BCUT2D eigenvalue weighted by Gasteiger charge is 2.61. The van der Waals surface area contributed by atoms with Crippen molar-refractivity contribution in [2.24, 2.45) is 5.92 Å². The predicted molar refractivity (Wildman–Crippen MR) is 47.8 cm³/mol. The van der Waals surface area contributed by atoms with Crippen LogP contribution < -0.4 is 0 Å². The Labute approximate surface area is 86.7 Å². The Kier molecular flexibility index (Phi) is 3.65. The third-order valence-electron chi connectivity index (χ3n) is 2.49. The van der Waals surface area contributed by atoms with E-state index in [0.29, 0.717) is 19.3 Å². The van der Waals surface area contributed by atoms with Crippen LogP contribution in [0.15, 0.2) is 0 Å². The molecule has 1 rings (SSSR count). The summed E-state index contributed by atoms with van der Waals surface area (Å²) in [4.78, 5) is 29.9. The highest BCUT2D eigenvalue weighted by Crippen LogP contribution is 2.40. The number of carboxylic acid groups (broad SMARTS) is 2. The summed E-state index contributed by atoms with van der Waals surface area (Å²) >= 11 is 0. The van der Waals surface area contributed by atoms with E-state index >= 15 is 0 Å². The first kappa shape index (κ1) is 11.9. The first-order valence-corrected chi connectivity index (χ1v) is 4.81. The van der Waals surface area contributed by atoms with Crippen molar-refractivity contribution in [3.8, 4) is 0 Å². The van der Waals surface area contributed by atoms with E-state index in [1.54, 1.807) is 6.92 Å². The molecule has 15 heavy (non-hydrogen) atoms. The van der Waals surface area contributed by atoms with Crippen LogP contribution in [0, 0.1) is 5.92 Å². The summed E-state index contributed by atoms with van der Waals surface area (Å²) < 4.78 is 0. The van der Waals surface area contributed by atoms with Gasteiger partial charge >= 0.3 is 17.7 Å². The van der Waals surface area contributed by atoms with E-state index in [-0.39, 0.29) is 12.3 Å². The van der Waals surface area contributed by atoms with Crippen molar-refractivity contribution in [1.29, 1.82) is 0 Å². The zero-order chi connectivity index (χ0) is 11.5. The van der Waals surface area contributed by atoms with Crippen LogP contribution in [-0.2, 0) is 19.4 Å². The standard InChI is InChI=1S/C9H14O6/c1-6(4-2-3-5-7(10)11)9(8(12)13)14-15-9/h6H,2-5H2,1H3,(H,10,11)(H,12,13). The number of aliphatic carboxylic acids is 2. The smallest absolute Gasteiger partial charge is 0.370 e. The molecule has 0 aromatic rings. The second-order valence-electron chi connectivity index (χ2n) is 3.68. The molecule has 0 bridgehead atoms. The van der Waals surface area contributed by atoms with Crippen molar-refractivity contribution in [1.82, 2.24) is 0 Å². The summed E-state index contributed by atoms with van der Waals surface area (Å²) in [5.74, 6) is -3.73. The largest absolute Gasteiger partial charge is 0.481 e. The third-order valence-corrected chi connectivity index (χ3v) is 2.49. The first-order chi connectivity index (χ1) is 6.99. The first-order valence-electron chi connectivity index (χ1n) is 4.81. The maximum Gasteiger partial charge on any atom is 0.370 e. The molecule has 2 N–H and O–H groups in total. The predicted octanol–water partition coefficient (Wildman–Crippen LogP) is 1.01. The molecule has 0 aliphatic carbocycles. The fourth-order valence-electron chi connectivity index (χ4n) is 1.41. The molecule has 1 saturated heterocycles. The van der Waals surface area contributed by atoms with E-state index in [1.165, 1.54) is 0 Å².